The van der Waals surface area contributed by atoms with E-state index in [0.29, 0.717) is 11.4 Å². The highest BCUT2D eigenvalue weighted by Crippen LogP contribution is 2.35. The molecule has 0 saturated heterocycles. The summed E-state index contributed by atoms with van der Waals surface area (Å²) in [5.41, 5.74) is 0.690. The summed E-state index contributed by atoms with van der Waals surface area (Å²) in [6.07, 6.45) is -3.24. The van der Waals surface area contributed by atoms with E-state index < -0.39 is 11.7 Å². The minimum atomic E-state index is -4.49. The zero-order valence-electron chi connectivity index (χ0n) is 14.5. The highest BCUT2D eigenvalue weighted by Gasteiger charge is 2.33. The number of benzene rings is 2. The van der Waals surface area contributed by atoms with Crippen LogP contribution in [0.2, 0.25) is 0 Å². The lowest BCUT2D eigenvalue weighted by Crippen LogP contribution is -2.10. The van der Waals surface area contributed by atoms with E-state index in [1.165, 1.54) is 31.5 Å². The summed E-state index contributed by atoms with van der Waals surface area (Å²) < 4.78 is 44.6. The summed E-state index contributed by atoms with van der Waals surface area (Å²) in [4.78, 5) is 4.17. The van der Waals surface area contributed by atoms with Gasteiger partial charge in [0.2, 0.25) is 5.95 Å². The van der Waals surface area contributed by atoms with Crippen LogP contribution in [-0.2, 0) is 6.18 Å². The van der Waals surface area contributed by atoms with Crippen molar-refractivity contribution in [2.45, 2.75) is 13.1 Å². The van der Waals surface area contributed by atoms with Crippen molar-refractivity contribution in [1.29, 1.82) is 0 Å². The first-order chi connectivity index (χ1) is 12.9. The minimum absolute atomic E-state index is 0.119. The molecular formula is C18H16F3N5O. The van der Waals surface area contributed by atoms with Gasteiger partial charge in [-0.25, -0.2) is 0 Å². The Morgan fingerprint density at radius 2 is 1.78 bits per heavy atom. The van der Waals surface area contributed by atoms with Crippen LogP contribution < -0.4 is 15.4 Å². The first-order valence-electron chi connectivity index (χ1n) is 7.91. The average molecular weight is 375 g/mol. The third-order valence-electron chi connectivity index (χ3n) is 3.66. The van der Waals surface area contributed by atoms with Crippen LogP contribution in [-0.4, -0.2) is 22.3 Å². The van der Waals surface area contributed by atoms with Gasteiger partial charge in [-0.3, -0.25) is 0 Å². The lowest BCUT2D eigenvalue weighted by molar-refractivity contribution is -0.136. The predicted molar refractivity (Wildman–Crippen MR) is 95.6 cm³/mol. The first-order valence-corrected chi connectivity index (χ1v) is 7.91. The molecule has 3 rings (SSSR count). The maximum atomic E-state index is 13.1. The monoisotopic (exact) mass is 375 g/mol. The van der Waals surface area contributed by atoms with Crippen molar-refractivity contribution in [1.82, 2.24) is 15.2 Å². The molecule has 1 aromatic heterocycles. The number of nitrogens with zero attached hydrogens (tertiary/aromatic N) is 3. The Labute approximate surface area is 153 Å². The van der Waals surface area contributed by atoms with E-state index in [1.54, 1.807) is 6.07 Å². The molecule has 0 atom stereocenters. The van der Waals surface area contributed by atoms with Crippen molar-refractivity contribution in [3.8, 4) is 5.75 Å². The number of rotatable bonds is 5. The van der Waals surface area contributed by atoms with E-state index in [1.807, 2.05) is 19.1 Å². The molecule has 0 aliphatic carbocycles. The van der Waals surface area contributed by atoms with E-state index in [-0.39, 0.29) is 17.5 Å². The van der Waals surface area contributed by atoms with Crippen LogP contribution in [0.3, 0.4) is 0 Å². The normalized spacial score (nSPS) is 11.1. The van der Waals surface area contributed by atoms with Crippen LogP contribution in [0.1, 0.15) is 11.1 Å². The number of hydrogen-bond acceptors (Lipinski definition) is 6. The fraction of sp³-hybridized carbons (Fsp3) is 0.167. The van der Waals surface area contributed by atoms with Gasteiger partial charge in [0.25, 0.3) is 0 Å². The maximum Gasteiger partial charge on any atom is 0.418 e. The van der Waals surface area contributed by atoms with Gasteiger partial charge in [0.15, 0.2) is 5.82 Å². The van der Waals surface area contributed by atoms with E-state index in [4.69, 9.17) is 4.74 Å². The summed E-state index contributed by atoms with van der Waals surface area (Å²) >= 11 is 0. The third-order valence-corrected chi connectivity index (χ3v) is 3.66. The van der Waals surface area contributed by atoms with Crippen LogP contribution in [0.25, 0.3) is 0 Å². The molecule has 0 spiro atoms. The van der Waals surface area contributed by atoms with Gasteiger partial charge in [-0.1, -0.05) is 18.2 Å². The number of anilines is 4. The van der Waals surface area contributed by atoms with Gasteiger partial charge in [0, 0.05) is 0 Å². The van der Waals surface area contributed by atoms with Crippen LogP contribution >= 0.6 is 0 Å². The lowest BCUT2D eigenvalue weighted by atomic mass is 10.1. The van der Waals surface area contributed by atoms with Gasteiger partial charge in [0.05, 0.1) is 30.2 Å². The second-order valence-corrected chi connectivity index (χ2v) is 5.66. The molecular weight excluding hydrogens is 359 g/mol. The van der Waals surface area contributed by atoms with Gasteiger partial charge >= 0.3 is 6.18 Å². The molecule has 0 aliphatic heterocycles. The van der Waals surface area contributed by atoms with Crippen LogP contribution in [0.4, 0.5) is 36.3 Å². The fourth-order valence-corrected chi connectivity index (χ4v) is 2.43. The quantitative estimate of drug-likeness (QED) is 0.674. The molecule has 0 radical (unpaired) electrons. The molecule has 27 heavy (non-hydrogen) atoms. The first kappa shape index (κ1) is 18.4. The summed E-state index contributed by atoms with van der Waals surface area (Å²) in [5, 5.41) is 13.3. The second-order valence-electron chi connectivity index (χ2n) is 5.66. The van der Waals surface area contributed by atoms with Crippen molar-refractivity contribution < 1.29 is 17.9 Å². The van der Waals surface area contributed by atoms with Crippen LogP contribution in [0.5, 0.6) is 5.75 Å². The van der Waals surface area contributed by atoms with E-state index in [9.17, 15) is 13.2 Å². The molecule has 0 aliphatic rings. The molecule has 0 unspecified atom stereocenters. The van der Waals surface area contributed by atoms with Crippen LogP contribution in [0.15, 0.2) is 48.7 Å². The molecule has 0 bridgehead atoms. The molecule has 2 N–H and O–H groups in total. The number of methoxy groups -OCH3 is 1. The SMILES string of the molecule is COc1ccc(C)cc1Nc1nncc(Nc2ccccc2C(F)(F)F)n1. The summed E-state index contributed by atoms with van der Waals surface area (Å²) in [5.74, 6) is 0.814. The number of hydrogen-bond donors (Lipinski definition) is 2. The van der Waals surface area contributed by atoms with E-state index >= 15 is 0 Å². The number of halogens is 3. The van der Waals surface area contributed by atoms with Gasteiger partial charge in [-0.2, -0.15) is 23.3 Å². The number of aromatic nitrogens is 3. The largest absolute Gasteiger partial charge is 0.495 e. The Morgan fingerprint density at radius 3 is 2.52 bits per heavy atom. The van der Waals surface area contributed by atoms with Crippen molar-refractivity contribution in [3.05, 3.63) is 59.8 Å². The number of ether oxygens (including phenoxy) is 1. The zero-order valence-corrected chi connectivity index (χ0v) is 14.5. The highest BCUT2D eigenvalue weighted by molar-refractivity contribution is 5.65. The maximum absolute atomic E-state index is 13.1. The fourth-order valence-electron chi connectivity index (χ4n) is 2.43. The average Bonchev–Trinajstić information content (AvgIpc) is 2.62. The Balaban J connectivity index is 1.87. The van der Waals surface area contributed by atoms with E-state index in [0.717, 1.165) is 11.6 Å². The Hall–Kier alpha value is -3.36. The molecule has 0 amide bonds. The zero-order chi connectivity index (χ0) is 19.4. The van der Waals surface area contributed by atoms with Crippen molar-refractivity contribution >= 4 is 23.1 Å². The summed E-state index contributed by atoms with van der Waals surface area (Å²) in [7, 11) is 1.53. The Kier molecular flexibility index (Phi) is 5.11. The molecule has 9 heteroatoms. The molecule has 0 fully saturated rings. The predicted octanol–water partition coefficient (Wildman–Crippen LogP) is 4.69. The topological polar surface area (TPSA) is 72.0 Å². The summed E-state index contributed by atoms with van der Waals surface area (Å²) in [6.45, 7) is 1.91. The number of nitrogens with one attached hydrogen (secondary N) is 2. The molecule has 140 valence electrons. The minimum Gasteiger partial charge on any atom is -0.495 e. The molecule has 1 heterocycles. The van der Waals surface area contributed by atoms with Gasteiger partial charge in [-0.15, -0.1) is 5.10 Å². The molecule has 2 aromatic carbocycles. The number of aryl methyl sites for hydroxylation is 1. The smallest absolute Gasteiger partial charge is 0.418 e. The second kappa shape index (κ2) is 7.48. The molecule has 6 nitrogen and oxygen atoms in total. The standard InChI is InChI=1S/C18H16F3N5O/c1-11-7-8-15(27-2)14(9-11)24-17-25-16(10-22-26-17)23-13-6-4-3-5-12(13)18(19,20)21/h3-10H,1-2H3,(H2,23,24,25,26). The van der Waals surface area contributed by atoms with Crippen molar-refractivity contribution in [3.63, 3.8) is 0 Å². The van der Waals surface area contributed by atoms with Crippen molar-refractivity contribution in [2.75, 3.05) is 17.7 Å². The Bertz CT molecular complexity index is 946. The summed E-state index contributed by atoms with van der Waals surface area (Å²) in [6, 6.07) is 10.6. The van der Waals surface area contributed by atoms with Gasteiger partial charge in [-0.05, 0) is 36.8 Å². The highest BCUT2D eigenvalue weighted by atomic mass is 19.4. The van der Waals surface area contributed by atoms with Crippen molar-refractivity contribution in [2.24, 2.45) is 0 Å². The number of para-hydroxylation sites is 1. The van der Waals surface area contributed by atoms with Crippen LogP contribution in [0, 0.1) is 6.92 Å². The van der Waals surface area contributed by atoms with Gasteiger partial charge in [0.1, 0.15) is 5.75 Å². The van der Waals surface area contributed by atoms with E-state index in [2.05, 4.69) is 25.8 Å². The molecule has 3 aromatic rings. The third kappa shape index (κ3) is 4.43. The Morgan fingerprint density at radius 1 is 1.00 bits per heavy atom. The lowest BCUT2D eigenvalue weighted by Gasteiger charge is -2.14. The van der Waals surface area contributed by atoms with Gasteiger partial charge < -0.3 is 15.4 Å². The molecule has 0 saturated carbocycles. The number of alkyl halides is 3.